The molecule has 1 saturated carbocycles. The van der Waals surface area contributed by atoms with Crippen LogP contribution in [0.4, 0.5) is 0 Å². The first-order chi connectivity index (χ1) is 7.60. The maximum atomic E-state index is 11.8. The number of hydrogen-bond donors (Lipinski definition) is 3. The number of nitrogens with one attached hydrogen (secondary N) is 2. The van der Waals surface area contributed by atoms with E-state index in [1.165, 1.54) is 0 Å². The highest BCUT2D eigenvalue weighted by Crippen LogP contribution is 2.44. The monoisotopic (exact) mass is 224 g/mol. The van der Waals surface area contributed by atoms with E-state index in [9.17, 15) is 9.59 Å². The lowest BCUT2D eigenvalue weighted by Crippen LogP contribution is -2.50. The molecule has 2 fully saturated rings. The Morgan fingerprint density at radius 2 is 2.31 bits per heavy atom. The summed E-state index contributed by atoms with van der Waals surface area (Å²) in [6.07, 6.45) is 3.78. The van der Waals surface area contributed by atoms with Gasteiger partial charge in [-0.25, -0.2) is 4.79 Å². The molecule has 1 amide bonds. The molecule has 1 aliphatic carbocycles. The Hall–Kier alpha value is -1.36. The summed E-state index contributed by atoms with van der Waals surface area (Å²) < 4.78 is 0. The summed E-state index contributed by atoms with van der Waals surface area (Å²) in [6.45, 7) is 4.40. The molecule has 3 atom stereocenters. The molecule has 0 aromatic rings. The average Bonchev–Trinajstić information content (AvgIpc) is 2.74. The minimum atomic E-state index is -1.09. The summed E-state index contributed by atoms with van der Waals surface area (Å²) in [5.74, 6) is -1.32. The van der Waals surface area contributed by atoms with Crippen LogP contribution in [0.15, 0.2) is 12.7 Å². The summed E-state index contributed by atoms with van der Waals surface area (Å²) in [7, 11) is 0. The Morgan fingerprint density at radius 3 is 2.75 bits per heavy atom. The number of hydrogen-bond acceptors (Lipinski definition) is 3. The first kappa shape index (κ1) is 11.1. The molecule has 0 radical (unpaired) electrons. The highest BCUT2D eigenvalue weighted by Gasteiger charge is 2.60. The van der Waals surface area contributed by atoms with E-state index >= 15 is 0 Å². The van der Waals surface area contributed by atoms with Gasteiger partial charge in [0.2, 0.25) is 5.91 Å². The summed E-state index contributed by atoms with van der Waals surface area (Å²) >= 11 is 0. The smallest absolute Gasteiger partial charge is 0.330 e. The van der Waals surface area contributed by atoms with Gasteiger partial charge in [-0.15, -0.1) is 6.58 Å². The fourth-order valence-corrected chi connectivity index (χ4v) is 2.23. The minimum absolute atomic E-state index is 0.143. The van der Waals surface area contributed by atoms with E-state index in [2.05, 4.69) is 17.2 Å². The van der Waals surface area contributed by atoms with E-state index in [1.54, 1.807) is 6.08 Å². The van der Waals surface area contributed by atoms with Crippen LogP contribution in [-0.4, -0.2) is 35.1 Å². The number of amides is 1. The minimum Gasteiger partial charge on any atom is -0.479 e. The van der Waals surface area contributed by atoms with E-state index in [0.717, 1.165) is 19.4 Å². The molecule has 0 spiro atoms. The zero-order valence-electron chi connectivity index (χ0n) is 9.03. The molecular weight excluding hydrogens is 208 g/mol. The van der Waals surface area contributed by atoms with E-state index in [1.807, 2.05) is 0 Å². The van der Waals surface area contributed by atoms with Gasteiger partial charge in [0, 0.05) is 5.92 Å². The van der Waals surface area contributed by atoms with Gasteiger partial charge >= 0.3 is 5.97 Å². The standard InChI is InChI=1S/C11H16N2O3/c1-2-7-6-11(7,10(15)16)13-9(14)8-4-3-5-12-8/h2,7-8,12H,1,3-6H2,(H,13,14)(H,15,16)/t7-,8+,11-/m1/s1. The number of carbonyl (C=O) groups excluding carboxylic acids is 1. The Bertz CT molecular complexity index is 336. The van der Waals surface area contributed by atoms with Gasteiger partial charge in [0.1, 0.15) is 5.54 Å². The van der Waals surface area contributed by atoms with Gasteiger partial charge in [0.05, 0.1) is 6.04 Å². The topological polar surface area (TPSA) is 78.4 Å². The van der Waals surface area contributed by atoms with Crippen LogP contribution in [0, 0.1) is 5.92 Å². The first-order valence-corrected chi connectivity index (χ1v) is 5.51. The molecule has 5 nitrogen and oxygen atoms in total. The third-order valence-corrected chi connectivity index (χ3v) is 3.40. The zero-order chi connectivity index (χ0) is 11.8. The van der Waals surface area contributed by atoms with Crippen LogP contribution in [-0.2, 0) is 9.59 Å². The quantitative estimate of drug-likeness (QED) is 0.582. The van der Waals surface area contributed by atoms with Crippen LogP contribution < -0.4 is 10.6 Å². The predicted molar refractivity (Wildman–Crippen MR) is 57.8 cm³/mol. The Kier molecular flexibility index (Phi) is 2.71. The van der Waals surface area contributed by atoms with Crippen molar-refractivity contribution in [1.82, 2.24) is 10.6 Å². The molecular formula is C11H16N2O3. The summed E-state index contributed by atoms with van der Waals surface area (Å²) in [4.78, 5) is 22.9. The molecule has 0 unspecified atom stereocenters. The largest absolute Gasteiger partial charge is 0.479 e. The fourth-order valence-electron chi connectivity index (χ4n) is 2.23. The van der Waals surface area contributed by atoms with Crippen molar-refractivity contribution in [1.29, 1.82) is 0 Å². The van der Waals surface area contributed by atoms with Crippen molar-refractivity contribution in [2.24, 2.45) is 5.92 Å². The fraction of sp³-hybridized carbons (Fsp3) is 0.636. The van der Waals surface area contributed by atoms with Crippen LogP contribution in [0.5, 0.6) is 0 Å². The van der Waals surface area contributed by atoms with Gasteiger partial charge in [-0.05, 0) is 25.8 Å². The third-order valence-electron chi connectivity index (χ3n) is 3.40. The second-order valence-corrected chi connectivity index (χ2v) is 4.46. The van der Waals surface area contributed by atoms with Gasteiger partial charge in [-0.3, -0.25) is 4.79 Å². The molecule has 3 N–H and O–H groups in total. The van der Waals surface area contributed by atoms with Crippen molar-refractivity contribution >= 4 is 11.9 Å². The Morgan fingerprint density at radius 1 is 1.56 bits per heavy atom. The number of aliphatic carboxylic acids is 1. The lowest BCUT2D eigenvalue weighted by molar-refractivity contribution is -0.143. The van der Waals surface area contributed by atoms with E-state index in [-0.39, 0.29) is 17.9 Å². The lowest BCUT2D eigenvalue weighted by Gasteiger charge is -2.17. The van der Waals surface area contributed by atoms with Crippen molar-refractivity contribution in [2.75, 3.05) is 6.54 Å². The maximum absolute atomic E-state index is 11.8. The van der Waals surface area contributed by atoms with Crippen molar-refractivity contribution in [3.8, 4) is 0 Å². The SMILES string of the molecule is C=C[C@@H]1C[C@]1(NC(=O)[C@@H]1CCCN1)C(=O)O. The number of carboxylic acid groups (broad SMARTS) is 1. The Balaban J connectivity index is 1.99. The van der Waals surface area contributed by atoms with Gasteiger partial charge in [0.25, 0.3) is 0 Å². The van der Waals surface area contributed by atoms with E-state index < -0.39 is 11.5 Å². The summed E-state index contributed by atoms with van der Waals surface area (Å²) in [6, 6.07) is -0.234. The number of carbonyl (C=O) groups is 2. The highest BCUT2D eigenvalue weighted by molar-refractivity contribution is 5.92. The predicted octanol–water partition coefficient (Wildman–Crippen LogP) is -0.116. The average molecular weight is 224 g/mol. The molecule has 2 rings (SSSR count). The molecule has 0 aromatic carbocycles. The van der Waals surface area contributed by atoms with Crippen molar-refractivity contribution in [3.05, 3.63) is 12.7 Å². The molecule has 5 heteroatoms. The van der Waals surface area contributed by atoms with Crippen LogP contribution >= 0.6 is 0 Å². The molecule has 0 bridgehead atoms. The molecule has 0 aromatic heterocycles. The molecule has 1 heterocycles. The second-order valence-electron chi connectivity index (χ2n) is 4.46. The van der Waals surface area contributed by atoms with Gasteiger partial charge in [-0.1, -0.05) is 6.08 Å². The van der Waals surface area contributed by atoms with E-state index in [4.69, 9.17) is 5.11 Å². The number of carboxylic acids is 1. The summed E-state index contributed by atoms with van der Waals surface area (Å²) in [5.41, 5.74) is -1.09. The Labute approximate surface area is 93.9 Å². The normalized spacial score (nSPS) is 36.8. The van der Waals surface area contributed by atoms with Crippen molar-refractivity contribution in [2.45, 2.75) is 30.8 Å². The van der Waals surface area contributed by atoms with Crippen molar-refractivity contribution in [3.63, 3.8) is 0 Å². The number of rotatable bonds is 4. The van der Waals surface area contributed by atoms with Gasteiger partial charge < -0.3 is 15.7 Å². The van der Waals surface area contributed by atoms with Crippen molar-refractivity contribution < 1.29 is 14.7 Å². The van der Waals surface area contributed by atoms with Gasteiger partial charge in [-0.2, -0.15) is 0 Å². The molecule has 1 saturated heterocycles. The molecule has 88 valence electrons. The third kappa shape index (κ3) is 1.71. The second kappa shape index (κ2) is 3.90. The van der Waals surface area contributed by atoms with E-state index in [0.29, 0.717) is 6.42 Å². The molecule has 2 aliphatic rings. The van der Waals surface area contributed by atoms with Crippen LogP contribution in [0.3, 0.4) is 0 Å². The van der Waals surface area contributed by atoms with Crippen LogP contribution in [0.1, 0.15) is 19.3 Å². The zero-order valence-corrected chi connectivity index (χ0v) is 9.03. The van der Waals surface area contributed by atoms with Crippen LogP contribution in [0.25, 0.3) is 0 Å². The molecule has 16 heavy (non-hydrogen) atoms. The molecule has 1 aliphatic heterocycles. The first-order valence-electron chi connectivity index (χ1n) is 5.51. The van der Waals surface area contributed by atoms with Crippen LogP contribution in [0.2, 0.25) is 0 Å². The maximum Gasteiger partial charge on any atom is 0.330 e. The lowest BCUT2D eigenvalue weighted by atomic mass is 10.1. The highest BCUT2D eigenvalue weighted by atomic mass is 16.4. The summed E-state index contributed by atoms with van der Waals surface area (Å²) in [5, 5.41) is 14.8. The van der Waals surface area contributed by atoms with Gasteiger partial charge in [0.15, 0.2) is 0 Å².